The summed E-state index contributed by atoms with van der Waals surface area (Å²) in [5, 5.41) is 8.94. The molecule has 100 valence electrons. The van der Waals surface area contributed by atoms with Gasteiger partial charge in [-0.25, -0.2) is 13.1 Å². The number of aromatic amines is 1. The second-order valence-corrected chi connectivity index (χ2v) is 7.14. The molecule has 18 heavy (non-hydrogen) atoms. The van der Waals surface area contributed by atoms with Crippen LogP contribution in [0.1, 0.15) is 31.4 Å². The van der Waals surface area contributed by atoms with Crippen LogP contribution in [0.2, 0.25) is 0 Å². The Kier molecular flexibility index (Phi) is 2.96. The summed E-state index contributed by atoms with van der Waals surface area (Å²) in [6, 6.07) is 1.58. The van der Waals surface area contributed by atoms with Gasteiger partial charge in [-0.15, -0.1) is 0 Å². The highest BCUT2D eigenvalue weighted by Gasteiger charge is 2.41. The molecular formula is C12H18N2O3S. The number of aliphatic hydroxyl groups excluding tert-OH is 1. The van der Waals surface area contributed by atoms with Crippen LogP contribution in [0.5, 0.6) is 0 Å². The predicted octanol–water partition coefficient (Wildman–Crippen LogP) is 0.974. The lowest BCUT2D eigenvalue weighted by Gasteiger charge is -2.22. The Morgan fingerprint density at radius 2 is 2.22 bits per heavy atom. The van der Waals surface area contributed by atoms with Gasteiger partial charge in [-0.05, 0) is 37.2 Å². The molecule has 0 saturated heterocycles. The molecule has 6 heteroatoms. The van der Waals surface area contributed by atoms with E-state index >= 15 is 0 Å². The van der Waals surface area contributed by atoms with Gasteiger partial charge in [-0.3, -0.25) is 0 Å². The van der Waals surface area contributed by atoms with Gasteiger partial charge < -0.3 is 10.1 Å². The van der Waals surface area contributed by atoms with Crippen LogP contribution in [-0.4, -0.2) is 24.6 Å². The van der Waals surface area contributed by atoms with E-state index in [-0.39, 0.29) is 17.5 Å². The van der Waals surface area contributed by atoms with Crippen LogP contribution in [-0.2, 0) is 16.6 Å². The van der Waals surface area contributed by atoms with E-state index < -0.39 is 10.0 Å². The maximum atomic E-state index is 12.2. The summed E-state index contributed by atoms with van der Waals surface area (Å²) in [4.78, 5) is 2.97. The van der Waals surface area contributed by atoms with Crippen molar-refractivity contribution in [2.24, 2.45) is 11.8 Å². The normalized spacial score (nSPS) is 31.1. The molecule has 1 aromatic heterocycles. The fourth-order valence-electron chi connectivity index (χ4n) is 3.32. The molecule has 2 saturated carbocycles. The van der Waals surface area contributed by atoms with Crippen molar-refractivity contribution in [2.45, 2.75) is 43.2 Å². The Balaban J connectivity index is 1.75. The summed E-state index contributed by atoms with van der Waals surface area (Å²) in [5.41, 5.74) is 0.517. The van der Waals surface area contributed by atoms with Crippen molar-refractivity contribution < 1.29 is 13.5 Å². The first-order chi connectivity index (χ1) is 8.58. The van der Waals surface area contributed by atoms with Gasteiger partial charge in [0.2, 0.25) is 10.0 Å². The number of hydrogen-bond donors (Lipinski definition) is 3. The van der Waals surface area contributed by atoms with Crippen molar-refractivity contribution in [3.05, 3.63) is 18.0 Å². The second-order valence-electron chi connectivity index (χ2n) is 5.42. The van der Waals surface area contributed by atoms with Crippen LogP contribution in [0.4, 0.5) is 0 Å². The summed E-state index contributed by atoms with van der Waals surface area (Å²) in [6.07, 6.45) is 5.97. The largest absolute Gasteiger partial charge is 0.390 e. The van der Waals surface area contributed by atoms with E-state index in [9.17, 15) is 8.42 Å². The van der Waals surface area contributed by atoms with Gasteiger partial charge in [0, 0.05) is 17.9 Å². The van der Waals surface area contributed by atoms with Gasteiger partial charge in [0.25, 0.3) is 0 Å². The summed E-state index contributed by atoms with van der Waals surface area (Å²) >= 11 is 0. The molecule has 0 aromatic carbocycles. The molecule has 1 aromatic rings. The Morgan fingerprint density at radius 3 is 2.78 bits per heavy atom. The molecule has 1 heterocycles. The molecule has 2 fully saturated rings. The first kappa shape index (κ1) is 12.2. The van der Waals surface area contributed by atoms with Gasteiger partial charge in [-0.2, -0.15) is 0 Å². The lowest BCUT2D eigenvalue weighted by Crippen LogP contribution is -2.38. The number of fused-ring (bicyclic) bond motifs is 2. The van der Waals surface area contributed by atoms with Crippen LogP contribution in [0.3, 0.4) is 0 Å². The van der Waals surface area contributed by atoms with E-state index in [0.29, 0.717) is 17.5 Å². The van der Waals surface area contributed by atoms with Crippen molar-refractivity contribution in [1.29, 1.82) is 0 Å². The van der Waals surface area contributed by atoms with Gasteiger partial charge in [0.15, 0.2) is 0 Å². The number of hydrogen-bond acceptors (Lipinski definition) is 3. The molecule has 0 amide bonds. The van der Waals surface area contributed by atoms with E-state index in [1.54, 1.807) is 0 Å². The zero-order valence-electron chi connectivity index (χ0n) is 10.1. The van der Waals surface area contributed by atoms with Crippen LogP contribution in [0, 0.1) is 11.8 Å². The van der Waals surface area contributed by atoms with E-state index in [1.165, 1.54) is 25.1 Å². The lowest BCUT2D eigenvalue weighted by molar-refractivity contribution is 0.277. The fraction of sp³-hybridized carbons (Fsp3) is 0.667. The van der Waals surface area contributed by atoms with Crippen molar-refractivity contribution in [1.82, 2.24) is 9.71 Å². The van der Waals surface area contributed by atoms with Crippen LogP contribution in [0.15, 0.2) is 17.2 Å². The van der Waals surface area contributed by atoms with Crippen LogP contribution in [0.25, 0.3) is 0 Å². The number of H-pyrrole nitrogens is 1. The average Bonchev–Trinajstić information content (AvgIpc) is 3.04. The van der Waals surface area contributed by atoms with Crippen LogP contribution >= 0.6 is 0 Å². The van der Waals surface area contributed by atoms with E-state index in [1.807, 2.05) is 0 Å². The third-order valence-corrected chi connectivity index (χ3v) is 5.71. The molecule has 3 atom stereocenters. The zero-order chi connectivity index (χ0) is 12.8. The number of sulfonamides is 1. The standard InChI is InChI=1S/C12H18N2O3S/c15-7-10-5-11(6-13-10)18(16,17)14-12-4-8-1-2-9(12)3-8/h5-6,8-9,12-15H,1-4,7H2. The molecular weight excluding hydrogens is 252 g/mol. The maximum Gasteiger partial charge on any atom is 0.242 e. The van der Waals surface area contributed by atoms with Gasteiger partial charge >= 0.3 is 0 Å². The van der Waals surface area contributed by atoms with Gasteiger partial charge in [0.1, 0.15) is 0 Å². The van der Waals surface area contributed by atoms with Crippen molar-refractivity contribution in [3.8, 4) is 0 Å². The Bertz CT molecular complexity index is 537. The van der Waals surface area contributed by atoms with E-state index in [0.717, 1.165) is 12.8 Å². The highest BCUT2D eigenvalue weighted by atomic mass is 32.2. The maximum absolute atomic E-state index is 12.2. The molecule has 0 aliphatic heterocycles. The van der Waals surface area contributed by atoms with Crippen molar-refractivity contribution in [2.75, 3.05) is 0 Å². The minimum absolute atomic E-state index is 0.0984. The second kappa shape index (κ2) is 4.36. The van der Waals surface area contributed by atoms with Crippen molar-refractivity contribution >= 4 is 10.0 Å². The third kappa shape index (κ3) is 2.08. The fourth-order valence-corrected chi connectivity index (χ4v) is 4.66. The van der Waals surface area contributed by atoms with E-state index in [2.05, 4.69) is 9.71 Å². The number of nitrogens with one attached hydrogen (secondary N) is 2. The first-order valence-electron chi connectivity index (χ1n) is 6.39. The van der Waals surface area contributed by atoms with Gasteiger partial charge in [0.05, 0.1) is 11.5 Å². The molecule has 3 N–H and O–H groups in total. The number of aromatic nitrogens is 1. The zero-order valence-corrected chi connectivity index (χ0v) is 10.9. The minimum atomic E-state index is -3.45. The van der Waals surface area contributed by atoms with E-state index in [4.69, 9.17) is 5.11 Å². The highest BCUT2D eigenvalue weighted by molar-refractivity contribution is 7.89. The molecule has 2 aliphatic carbocycles. The number of aliphatic hydroxyl groups is 1. The molecule has 0 spiro atoms. The van der Waals surface area contributed by atoms with Crippen molar-refractivity contribution in [3.63, 3.8) is 0 Å². The monoisotopic (exact) mass is 270 g/mol. The summed E-state index contributed by atoms with van der Waals surface area (Å²) in [7, 11) is -3.45. The molecule has 5 nitrogen and oxygen atoms in total. The molecule has 3 rings (SSSR count). The molecule has 0 radical (unpaired) electrons. The molecule has 2 bridgehead atoms. The molecule has 2 aliphatic rings. The topological polar surface area (TPSA) is 82.2 Å². The Hall–Kier alpha value is -0.850. The third-order valence-electron chi connectivity index (χ3n) is 4.24. The minimum Gasteiger partial charge on any atom is -0.390 e. The summed E-state index contributed by atoms with van der Waals surface area (Å²) < 4.78 is 27.2. The Labute approximate surface area is 107 Å². The summed E-state index contributed by atoms with van der Waals surface area (Å²) in [6.45, 7) is -0.177. The SMILES string of the molecule is O=S(=O)(NC1CC2CCC1C2)c1c[nH]c(CO)c1. The Morgan fingerprint density at radius 1 is 1.39 bits per heavy atom. The number of rotatable bonds is 4. The lowest BCUT2D eigenvalue weighted by atomic mass is 9.96. The quantitative estimate of drug-likeness (QED) is 0.762. The summed E-state index contributed by atoms with van der Waals surface area (Å²) in [5.74, 6) is 1.22. The van der Waals surface area contributed by atoms with Gasteiger partial charge in [-0.1, -0.05) is 6.42 Å². The smallest absolute Gasteiger partial charge is 0.242 e. The molecule has 3 unspecified atom stereocenters. The van der Waals surface area contributed by atoms with Crippen LogP contribution < -0.4 is 4.72 Å². The highest BCUT2D eigenvalue weighted by Crippen LogP contribution is 2.44. The average molecular weight is 270 g/mol. The predicted molar refractivity (Wildman–Crippen MR) is 66.3 cm³/mol. The first-order valence-corrected chi connectivity index (χ1v) is 7.87.